The molecule has 2 saturated heterocycles. The molecule has 7 heteroatoms. The highest BCUT2D eigenvalue weighted by Crippen LogP contribution is 2.34. The Hall–Kier alpha value is -1.02. The van der Waals surface area contributed by atoms with Crippen molar-refractivity contribution in [2.75, 3.05) is 26.9 Å². The van der Waals surface area contributed by atoms with Gasteiger partial charge in [-0.15, -0.1) is 0 Å². The molecule has 19 heavy (non-hydrogen) atoms. The fourth-order valence-corrected chi connectivity index (χ4v) is 2.69. The topological polar surface area (TPSA) is 89.6 Å². The van der Waals surface area contributed by atoms with Gasteiger partial charge in [0.1, 0.15) is 5.60 Å². The van der Waals surface area contributed by atoms with Crippen molar-refractivity contribution in [1.29, 1.82) is 0 Å². The Balaban J connectivity index is 1.79. The largest absolute Gasteiger partial charge is 0.392 e. The normalized spacial score (nSPS) is 30.6. The number of aliphatic hydroxyl groups excluding tert-OH is 1. The van der Waals surface area contributed by atoms with Gasteiger partial charge in [-0.2, -0.15) is 4.98 Å². The molecule has 1 aromatic heterocycles. The average Bonchev–Trinajstić information content (AvgIpc) is 3.08. The Labute approximate surface area is 111 Å². The van der Waals surface area contributed by atoms with E-state index in [0.717, 1.165) is 12.8 Å². The minimum atomic E-state index is -0.503. The second-order valence-electron chi connectivity index (χ2n) is 5.12. The molecule has 0 bridgehead atoms. The van der Waals surface area contributed by atoms with Crippen molar-refractivity contribution in [2.45, 2.75) is 37.0 Å². The van der Waals surface area contributed by atoms with Crippen molar-refractivity contribution in [3.63, 3.8) is 0 Å². The van der Waals surface area contributed by atoms with Gasteiger partial charge in [0.2, 0.25) is 11.7 Å². The molecular formula is C12H19N3O4. The number of ether oxygens (including phenoxy) is 2. The molecule has 2 atom stereocenters. The zero-order valence-electron chi connectivity index (χ0n) is 11.0. The van der Waals surface area contributed by atoms with E-state index in [0.29, 0.717) is 37.9 Å². The van der Waals surface area contributed by atoms with E-state index in [1.165, 1.54) is 0 Å². The molecule has 0 radical (unpaired) electrons. The highest BCUT2D eigenvalue weighted by atomic mass is 16.5. The van der Waals surface area contributed by atoms with Crippen LogP contribution >= 0.6 is 0 Å². The predicted molar refractivity (Wildman–Crippen MR) is 64.4 cm³/mol. The van der Waals surface area contributed by atoms with E-state index >= 15 is 0 Å². The van der Waals surface area contributed by atoms with E-state index in [4.69, 9.17) is 14.0 Å². The van der Waals surface area contributed by atoms with Gasteiger partial charge in [0.05, 0.1) is 12.1 Å². The van der Waals surface area contributed by atoms with Gasteiger partial charge in [0, 0.05) is 39.7 Å². The van der Waals surface area contributed by atoms with Gasteiger partial charge in [0.25, 0.3) is 0 Å². The van der Waals surface area contributed by atoms with Crippen molar-refractivity contribution in [3.8, 4) is 0 Å². The Kier molecular flexibility index (Phi) is 3.53. The second-order valence-corrected chi connectivity index (χ2v) is 5.12. The molecule has 0 amide bonds. The van der Waals surface area contributed by atoms with Gasteiger partial charge >= 0.3 is 0 Å². The molecule has 0 saturated carbocycles. The zero-order chi connectivity index (χ0) is 13.3. The second kappa shape index (κ2) is 5.16. The van der Waals surface area contributed by atoms with Crippen LogP contribution in [0.3, 0.4) is 0 Å². The summed E-state index contributed by atoms with van der Waals surface area (Å²) in [5.41, 5.74) is -0.503. The van der Waals surface area contributed by atoms with Crippen LogP contribution in [0.4, 0.5) is 0 Å². The lowest BCUT2D eigenvalue weighted by molar-refractivity contribution is -0.101. The fraction of sp³-hybridized carbons (Fsp3) is 0.833. The van der Waals surface area contributed by atoms with Gasteiger partial charge in [0.15, 0.2) is 0 Å². The van der Waals surface area contributed by atoms with E-state index in [2.05, 4.69) is 15.5 Å². The van der Waals surface area contributed by atoms with Gasteiger partial charge < -0.3 is 24.4 Å². The molecule has 106 valence electrons. The number of methoxy groups -OCH3 is 1. The molecule has 0 unspecified atom stereocenters. The quantitative estimate of drug-likeness (QED) is 0.805. The van der Waals surface area contributed by atoms with Crippen molar-refractivity contribution in [3.05, 3.63) is 11.7 Å². The van der Waals surface area contributed by atoms with E-state index < -0.39 is 5.60 Å². The van der Waals surface area contributed by atoms with Crippen molar-refractivity contribution >= 4 is 0 Å². The van der Waals surface area contributed by atoms with E-state index in [-0.39, 0.29) is 12.1 Å². The molecule has 0 aromatic carbocycles. The summed E-state index contributed by atoms with van der Waals surface area (Å²) in [4.78, 5) is 4.46. The predicted octanol–water partition coefficient (Wildman–Crippen LogP) is 0.117. The minimum Gasteiger partial charge on any atom is -0.392 e. The first-order chi connectivity index (χ1) is 9.23. The van der Waals surface area contributed by atoms with Crippen LogP contribution in [-0.4, -0.2) is 48.2 Å². The monoisotopic (exact) mass is 269 g/mol. The smallest absolute Gasteiger partial charge is 0.243 e. The van der Waals surface area contributed by atoms with Crippen LogP contribution in [0, 0.1) is 0 Å². The minimum absolute atomic E-state index is 0.0648. The highest BCUT2D eigenvalue weighted by Gasteiger charge is 2.40. The fourth-order valence-electron chi connectivity index (χ4n) is 2.69. The molecule has 2 aliphatic heterocycles. The lowest BCUT2D eigenvalue weighted by Gasteiger charge is -2.32. The Morgan fingerprint density at radius 2 is 2.21 bits per heavy atom. The molecule has 2 fully saturated rings. The van der Waals surface area contributed by atoms with Crippen LogP contribution in [0.1, 0.15) is 37.0 Å². The summed E-state index contributed by atoms with van der Waals surface area (Å²) in [6, 6.07) is -0.0648. The van der Waals surface area contributed by atoms with Crippen LogP contribution in [0.2, 0.25) is 0 Å². The molecular weight excluding hydrogens is 250 g/mol. The van der Waals surface area contributed by atoms with Gasteiger partial charge in [-0.25, -0.2) is 0 Å². The van der Waals surface area contributed by atoms with Crippen LogP contribution < -0.4 is 5.32 Å². The summed E-state index contributed by atoms with van der Waals surface area (Å²) in [6.07, 6.45) is 1.71. The number of aliphatic hydroxyl groups is 1. The number of rotatable bonds is 3. The SMILES string of the molecule is COC1(c2noc([C@H]3C[C@H](O)CN3)n2)CCOCC1. The summed E-state index contributed by atoms with van der Waals surface area (Å²) in [5.74, 6) is 1.10. The molecule has 7 nitrogen and oxygen atoms in total. The molecule has 3 rings (SSSR count). The van der Waals surface area contributed by atoms with E-state index in [1.807, 2.05) is 0 Å². The van der Waals surface area contributed by atoms with Crippen molar-refractivity contribution < 1.29 is 19.1 Å². The molecule has 2 N–H and O–H groups in total. The Bertz CT molecular complexity index is 430. The molecule has 3 heterocycles. The number of hydrogen-bond donors (Lipinski definition) is 2. The first kappa shape index (κ1) is 13.0. The molecule has 1 aromatic rings. The number of hydrogen-bond acceptors (Lipinski definition) is 7. The maximum Gasteiger partial charge on any atom is 0.243 e. The number of nitrogens with zero attached hydrogens (tertiary/aromatic N) is 2. The maximum absolute atomic E-state index is 9.52. The standard InChI is InChI=1S/C12H19N3O4/c1-17-12(2-4-18-5-3-12)11-14-10(19-15-11)9-6-8(16)7-13-9/h8-9,13,16H,2-7H2,1H3/t8-,9+/m0/s1. The summed E-state index contributed by atoms with van der Waals surface area (Å²) >= 11 is 0. The van der Waals surface area contributed by atoms with Gasteiger partial charge in [-0.3, -0.25) is 0 Å². The van der Waals surface area contributed by atoms with Crippen molar-refractivity contribution in [2.24, 2.45) is 0 Å². The molecule has 2 aliphatic rings. The first-order valence-electron chi connectivity index (χ1n) is 6.62. The average molecular weight is 269 g/mol. The van der Waals surface area contributed by atoms with Gasteiger partial charge in [-0.1, -0.05) is 5.16 Å². The summed E-state index contributed by atoms with van der Waals surface area (Å²) in [7, 11) is 1.67. The summed E-state index contributed by atoms with van der Waals surface area (Å²) in [5, 5.41) is 16.7. The number of aromatic nitrogens is 2. The number of nitrogens with one attached hydrogen (secondary N) is 1. The Morgan fingerprint density at radius 1 is 1.42 bits per heavy atom. The maximum atomic E-state index is 9.52. The molecule has 0 aliphatic carbocycles. The van der Waals surface area contributed by atoms with Crippen LogP contribution in [0.15, 0.2) is 4.52 Å². The summed E-state index contributed by atoms with van der Waals surface area (Å²) in [6.45, 7) is 1.84. The lowest BCUT2D eigenvalue weighted by Crippen LogP contribution is -2.36. The van der Waals surface area contributed by atoms with Crippen LogP contribution in [-0.2, 0) is 15.1 Å². The highest BCUT2D eigenvalue weighted by molar-refractivity contribution is 5.06. The molecule has 0 spiro atoms. The first-order valence-corrected chi connectivity index (χ1v) is 6.62. The van der Waals surface area contributed by atoms with Crippen molar-refractivity contribution in [1.82, 2.24) is 15.5 Å². The van der Waals surface area contributed by atoms with Crippen LogP contribution in [0.5, 0.6) is 0 Å². The summed E-state index contributed by atoms with van der Waals surface area (Å²) < 4.78 is 16.3. The Morgan fingerprint density at radius 3 is 2.84 bits per heavy atom. The number of β-amino-alcohol motifs (C(OH)–C–C–N with tert-alkyl or cyclic N) is 1. The third-order valence-electron chi connectivity index (χ3n) is 3.95. The van der Waals surface area contributed by atoms with Gasteiger partial charge in [-0.05, 0) is 6.42 Å². The third-order valence-corrected chi connectivity index (χ3v) is 3.95. The third kappa shape index (κ3) is 2.38. The van der Waals surface area contributed by atoms with E-state index in [1.54, 1.807) is 7.11 Å². The van der Waals surface area contributed by atoms with Crippen LogP contribution in [0.25, 0.3) is 0 Å². The van der Waals surface area contributed by atoms with E-state index in [9.17, 15) is 5.11 Å². The zero-order valence-corrected chi connectivity index (χ0v) is 11.0. The lowest BCUT2D eigenvalue weighted by atomic mass is 9.93.